The zero-order valence-corrected chi connectivity index (χ0v) is 11.4. The lowest BCUT2D eigenvalue weighted by atomic mass is 9.80. The van der Waals surface area contributed by atoms with E-state index in [-0.39, 0.29) is 17.5 Å². The van der Waals surface area contributed by atoms with Gasteiger partial charge in [-0.15, -0.1) is 0 Å². The summed E-state index contributed by atoms with van der Waals surface area (Å²) in [6.07, 6.45) is 1.79. The van der Waals surface area contributed by atoms with Gasteiger partial charge in [-0.2, -0.15) is 8.78 Å². The zero-order chi connectivity index (χ0) is 13.9. The Bertz CT molecular complexity index is 398. The Hall–Kier alpha value is -1.00. The monoisotopic (exact) mass is 268 g/mol. The van der Waals surface area contributed by atoms with Gasteiger partial charge < -0.3 is 5.73 Å². The summed E-state index contributed by atoms with van der Waals surface area (Å²) in [7, 11) is 0. The van der Waals surface area contributed by atoms with Gasteiger partial charge in [0, 0.05) is 5.56 Å². The minimum absolute atomic E-state index is 0.0992. The summed E-state index contributed by atoms with van der Waals surface area (Å²) in [5.41, 5.74) is 5.96. The number of nitrogens with two attached hydrogens (primary N) is 1. The van der Waals surface area contributed by atoms with Crippen molar-refractivity contribution in [3.63, 3.8) is 0 Å². The molecule has 0 bridgehead atoms. The molecule has 0 atom stereocenters. The normalized spacial score (nSPS) is 20.4. The van der Waals surface area contributed by atoms with Crippen LogP contribution in [0.3, 0.4) is 0 Å². The number of benzene rings is 1. The Morgan fingerprint density at radius 2 is 1.79 bits per heavy atom. The van der Waals surface area contributed by atoms with Crippen molar-refractivity contribution in [1.29, 1.82) is 0 Å². The quantitative estimate of drug-likeness (QED) is 0.910. The van der Waals surface area contributed by atoms with Gasteiger partial charge in [0.15, 0.2) is 0 Å². The summed E-state index contributed by atoms with van der Waals surface area (Å²) in [4.78, 5) is 1.85. The van der Waals surface area contributed by atoms with Crippen LogP contribution in [-0.4, -0.2) is 31.1 Å². The van der Waals surface area contributed by atoms with Crippen molar-refractivity contribution in [2.24, 2.45) is 11.1 Å². The molecule has 1 aromatic rings. The molecule has 0 saturated carbocycles. The van der Waals surface area contributed by atoms with Crippen molar-refractivity contribution in [1.82, 2.24) is 4.90 Å². The lowest BCUT2D eigenvalue weighted by molar-refractivity contribution is -0.0492. The van der Waals surface area contributed by atoms with Crippen molar-refractivity contribution in [2.75, 3.05) is 26.2 Å². The van der Waals surface area contributed by atoms with E-state index in [0.717, 1.165) is 12.8 Å². The molecule has 1 heterocycles. The number of likely N-dealkylation sites (tertiary alicyclic amines) is 1. The molecular weight excluding hydrogens is 246 g/mol. The van der Waals surface area contributed by atoms with E-state index in [1.54, 1.807) is 18.2 Å². The molecule has 19 heavy (non-hydrogen) atoms. The molecule has 4 heteroatoms. The average Bonchev–Trinajstić information content (AvgIpc) is 2.42. The van der Waals surface area contributed by atoms with Crippen LogP contribution in [0.1, 0.15) is 25.3 Å². The molecule has 1 saturated heterocycles. The SMILES string of the molecule is CC1(CN)CCN(CC(F)(F)c2ccccc2)CC1. The van der Waals surface area contributed by atoms with Gasteiger partial charge in [0.25, 0.3) is 5.92 Å². The number of alkyl halides is 2. The van der Waals surface area contributed by atoms with Gasteiger partial charge in [0.05, 0.1) is 6.54 Å². The summed E-state index contributed by atoms with van der Waals surface area (Å²) < 4.78 is 28.3. The fourth-order valence-corrected chi connectivity index (χ4v) is 2.51. The van der Waals surface area contributed by atoms with Crippen molar-refractivity contribution < 1.29 is 8.78 Å². The summed E-state index contributed by atoms with van der Waals surface area (Å²) in [6.45, 7) is 3.99. The van der Waals surface area contributed by atoms with Crippen molar-refractivity contribution >= 4 is 0 Å². The highest BCUT2D eigenvalue weighted by atomic mass is 19.3. The summed E-state index contributed by atoms with van der Waals surface area (Å²) in [6, 6.07) is 8.06. The van der Waals surface area contributed by atoms with Gasteiger partial charge in [0.1, 0.15) is 0 Å². The fourth-order valence-electron chi connectivity index (χ4n) is 2.51. The van der Waals surface area contributed by atoms with Gasteiger partial charge in [-0.05, 0) is 37.9 Å². The van der Waals surface area contributed by atoms with Crippen LogP contribution < -0.4 is 5.73 Å². The maximum atomic E-state index is 14.1. The minimum atomic E-state index is -2.78. The van der Waals surface area contributed by atoms with Crippen molar-refractivity contribution in [3.05, 3.63) is 35.9 Å². The van der Waals surface area contributed by atoms with E-state index in [1.165, 1.54) is 12.1 Å². The molecule has 0 radical (unpaired) electrons. The smallest absolute Gasteiger partial charge is 0.285 e. The van der Waals surface area contributed by atoms with E-state index in [0.29, 0.717) is 19.6 Å². The maximum absolute atomic E-state index is 14.1. The van der Waals surface area contributed by atoms with E-state index < -0.39 is 5.92 Å². The minimum Gasteiger partial charge on any atom is -0.330 e. The van der Waals surface area contributed by atoms with Gasteiger partial charge in [-0.1, -0.05) is 37.3 Å². The lowest BCUT2D eigenvalue weighted by Crippen LogP contribution is -2.45. The van der Waals surface area contributed by atoms with Crippen LogP contribution in [0, 0.1) is 5.41 Å². The Morgan fingerprint density at radius 1 is 1.21 bits per heavy atom. The number of halogens is 2. The number of hydrogen-bond acceptors (Lipinski definition) is 2. The second kappa shape index (κ2) is 5.55. The van der Waals surface area contributed by atoms with E-state index in [9.17, 15) is 8.78 Å². The third-order valence-electron chi connectivity index (χ3n) is 4.17. The van der Waals surface area contributed by atoms with E-state index in [1.807, 2.05) is 4.90 Å². The van der Waals surface area contributed by atoms with Crippen LogP contribution in [0.4, 0.5) is 8.78 Å². The van der Waals surface area contributed by atoms with Crippen LogP contribution in [0.2, 0.25) is 0 Å². The molecule has 1 fully saturated rings. The Morgan fingerprint density at radius 3 is 2.32 bits per heavy atom. The molecule has 0 unspecified atom stereocenters. The lowest BCUT2D eigenvalue weighted by Gasteiger charge is -2.39. The summed E-state index contributed by atoms with van der Waals surface area (Å²) in [5.74, 6) is -2.78. The molecule has 2 nitrogen and oxygen atoms in total. The standard InChI is InChI=1S/C15H22F2N2/c1-14(11-18)7-9-19(10-8-14)12-15(16,17)13-5-3-2-4-6-13/h2-6H,7-12,18H2,1H3. The molecule has 2 N–H and O–H groups in total. The van der Waals surface area contributed by atoms with Crippen LogP contribution in [0.25, 0.3) is 0 Å². The molecule has 0 spiro atoms. The van der Waals surface area contributed by atoms with Crippen molar-refractivity contribution in [2.45, 2.75) is 25.7 Å². The average molecular weight is 268 g/mol. The molecule has 1 aliphatic rings. The predicted octanol–water partition coefficient (Wildman–Crippen LogP) is 2.84. The highest BCUT2D eigenvalue weighted by Gasteiger charge is 2.37. The second-order valence-electron chi connectivity index (χ2n) is 5.86. The van der Waals surface area contributed by atoms with Crippen LogP contribution in [0.5, 0.6) is 0 Å². The number of rotatable bonds is 4. The second-order valence-corrected chi connectivity index (χ2v) is 5.86. The van der Waals surface area contributed by atoms with Crippen molar-refractivity contribution in [3.8, 4) is 0 Å². The molecule has 1 aliphatic heterocycles. The highest BCUT2D eigenvalue weighted by Crippen LogP contribution is 2.33. The first-order valence-electron chi connectivity index (χ1n) is 6.81. The Labute approximate surface area is 113 Å². The number of nitrogens with zero attached hydrogens (tertiary/aromatic N) is 1. The molecule has 2 rings (SSSR count). The molecule has 0 aromatic heterocycles. The van der Waals surface area contributed by atoms with Crippen LogP contribution in [0.15, 0.2) is 30.3 Å². The zero-order valence-electron chi connectivity index (χ0n) is 11.4. The third-order valence-corrected chi connectivity index (χ3v) is 4.17. The van der Waals surface area contributed by atoms with E-state index in [2.05, 4.69) is 6.92 Å². The Kier molecular flexibility index (Phi) is 4.21. The van der Waals surface area contributed by atoms with E-state index >= 15 is 0 Å². The fraction of sp³-hybridized carbons (Fsp3) is 0.600. The summed E-state index contributed by atoms with van der Waals surface area (Å²) >= 11 is 0. The topological polar surface area (TPSA) is 29.3 Å². The number of piperidine rings is 1. The van der Waals surface area contributed by atoms with Crippen LogP contribution >= 0.6 is 0 Å². The van der Waals surface area contributed by atoms with Gasteiger partial charge >= 0.3 is 0 Å². The van der Waals surface area contributed by atoms with E-state index in [4.69, 9.17) is 5.73 Å². The van der Waals surface area contributed by atoms with Gasteiger partial charge in [-0.25, -0.2) is 0 Å². The van der Waals surface area contributed by atoms with Crippen LogP contribution in [-0.2, 0) is 5.92 Å². The molecule has 0 amide bonds. The van der Waals surface area contributed by atoms with Gasteiger partial charge in [-0.3, -0.25) is 4.90 Å². The molecule has 1 aromatic carbocycles. The summed E-state index contributed by atoms with van der Waals surface area (Å²) in [5, 5.41) is 0. The number of hydrogen-bond donors (Lipinski definition) is 1. The maximum Gasteiger partial charge on any atom is 0.285 e. The Balaban J connectivity index is 1.95. The first-order valence-corrected chi connectivity index (χ1v) is 6.81. The molecule has 106 valence electrons. The predicted molar refractivity (Wildman–Crippen MR) is 73.2 cm³/mol. The largest absolute Gasteiger partial charge is 0.330 e. The molecular formula is C15H22F2N2. The first-order chi connectivity index (χ1) is 8.95. The third kappa shape index (κ3) is 3.51. The first kappa shape index (κ1) is 14.4. The molecule has 0 aliphatic carbocycles. The van der Waals surface area contributed by atoms with Gasteiger partial charge in [0.2, 0.25) is 0 Å². The highest BCUT2D eigenvalue weighted by molar-refractivity contribution is 5.20.